The van der Waals surface area contributed by atoms with Crippen LogP contribution in [0.2, 0.25) is 0 Å². The molecule has 0 aliphatic heterocycles. The maximum Gasteiger partial charge on any atom is 0.117 e. The molecule has 0 unspecified atom stereocenters. The molecule has 0 bridgehead atoms. The zero-order valence-electron chi connectivity index (χ0n) is 6.59. The lowest BCUT2D eigenvalue weighted by Crippen LogP contribution is -1.66. The number of pyridine rings is 1. The first kappa shape index (κ1) is 3.01. The third-order valence-electron chi connectivity index (χ3n) is 1.10. The van der Waals surface area contributed by atoms with Gasteiger partial charge in [0.15, 0.2) is 0 Å². The van der Waals surface area contributed by atoms with E-state index in [4.69, 9.17) is 7.16 Å². The Kier molecular flexibility index (Phi) is 0.530. The van der Waals surface area contributed by atoms with Crippen LogP contribution in [0.5, 0.6) is 0 Å². The predicted octanol–water partition coefficient (Wildman–Crippen LogP) is 1.83. The quantitative estimate of drug-likeness (QED) is 0.531. The standard InChI is InChI=1S/C7H5NO/c1-2-6-4-9-5-7(6)8-3-1/h1-5H/i2D,4D. The number of hydrogen-bond donors (Lipinski definition) is 0. The zero-order chi connectivity index (χ0) is 7.84. The Labute approximate surface area is 54.9 Å². The van der Waals surface area contributed by atoms with Gasteiger partial charge in [0.2, 0.25) is 0 Å². The van der Waals surface area contributed by atoms with Gasteiger partial charge in [-0.1, -0.05) is 0 Å². The minimum Gasteiger partial charge on any atom is -0.470 e. The van der Waals surface area contributed by atoms with Crippen molar-refractivity contribution in [3.63, 3.8) is 0 Å². The van der Waals surface area contributed by atoms with E-state index in [1.54, 1.807) is 0 Å². The molecule has 0 aliphatic rings. The van der Waals surface area contributed by atoms with Crippen molar-refractivity contribution in [2.24, 2.45) is 0 Å². The minimum absolute atomic E-state index is 0.0121. The lowest BCUT2D eigenvalue weighted by molar-refractivity contribution is 0.572. The Morgan fingerprint density at radius 1 is 1.67 bits per heavy atom. The van der Waals surface area contributed by atoms with Gasteiger partial charge in [0.25, 0.3) is 0 Å². The van der Waals surface area contributed by atoms with E-state index < -0.39 is 0 Å². The summed E-state index contributed by atoms with van der Waals surface area (Å²) in [6, 6.07) is 1.82. The number of rotatable bonds is 0. The number of hydrogen-bond acceptors (Lipinski definition) is 2. The van der Waals surface area contributed by atoms with E-state index in [1.165, 1.54) is 18.5 Å². The van der Waals surface area contributed by atoms with E-state index in [1.807, 2.05) is 0 Å². The Balaban J connectivity index is 2.96. The van der Waals surface area contributed by atoms with E-state index in [-0.39, 0.29) is 12.3 Å². The summed E-state index contributed by atoms with van der Waals surface area (Å²) in [4.78, 5) is 3.93. The second-order valence-corrected chi connectivity index (χ2v) is 1.69. The van der Waals surface area contributed by atoms with Crippen molar-refractivity contribution in [2.75, 3.05) is 0 Å². The second kappa shape index (κ2) is 1.58. The van der Waals surface area contributed by atoms with Crippen molar-refractivity contribution in [1.29, 1.82) is 0 Å². The number of fused-ring (bicyclic) bond motifs is 1. The lowest BCUT2D eigenvalue weighted by atomic mass is 10.3. The van der Waals surface area contributed by atoms with Crippen LogP contribution in [0.25, 0.3) is 10.9 Å². The van der Waals surface area contributed by atoms with Crippen molar-refractivity contribution in [3.8, 4) is 0 Å². The Morgan fingerprint density at radius 3 is 3.56 bits per heavy atom. The molecule has 44 valence electrons. The average molecular weight is 121 g/mol. The first-order valence-electron chi connectivity index (χ1n) is 3.58. The fraction of sp³-hybridized carbons (Fsp3) is 0. The number of furan rings is 1. The fourth-order valence-electron chi connectivity index (χ4n) is 0.692. The van der Waals surface area contributed by atoms with Gasteiger partial charge in [-0.3, -0.25) is 4.98 Å². The summed E-state index contributed by atoms with van der Waals surface area (Å²) in [6.45, 7) is 0. The van der Waals surface area contributed by atoms with Gasteiger partial charge in [-0.05, 0) is 12.1 Å². The van der Waals surface area contributed by atoms with Crippen LogP contribution in [0.1, 0.15) is 2.74 Å². The van der Waals surface area contributed by atoms with Gasteiger partial charge in [-0.2, -0.15) is 0 Å². The molecule has 2 heterocycles. The summed E-state index contributed by atoms with van der Waals surface area (Å²) in [5.41, 5.74) is 0.572. The van der Waals surface area contributed by atoms with Crippen molar-refractivity contribution >= 4 is 10.9 Å². The van der Waals surface area contributed by atoms with Crippen molar-refractivity contribution in [3.05, 3.63) is 30.8 Å². The van der Waals surface area contributed by atoms with E-state index in [2.05, 4.69) is 4.98 Å². The van der Waals surface area contributed by atoms with Crippen LogP contribution in [-0.2, 0) is 0 Å². The maximum atomic E-state index is 7.40. The smallest absolute Gasteiger partial charge is 0.117 e. The summed E-state index contributed by atoms with van der Waals surface area (Å²) in [6.07, 6.45) is 2.92. The highest BCUT2D eigenvalue weighted by Crippen LogP contribution is 2.09. The van der Waals surface area contributed by atoms with E-state index in [9.17, 15) is 0 Å². The van der Waals surface area contributed by atoms with Crippen LogP contribution in [-0.4, -0.2) is 4.98 Å². The van der Waals surface area contributed by atoms with Crippen LogP contribution in [0.15, 0.2) is 35.2 Å². The minimum atomic E-state index is 0.0121. The zero-order valence-corrected chi connectivity index (χ0v) is 4.59. The Morgan fingerprint density at radius 2 is 2.67 bits per heavy atom. The third-order valence-corrected chi connectivity index (χ3v) is 1.10. The van der Waals surface area contributed by atoms with Crippen LogP contribution < -0.4 is 0 Å². The SMILES string of the molecule is [2H]c1ccnc2coc([2H])c12. The summed E-state index contributed by atoms with van der Waals surface area (Å²) in [5, 5.41) is 0.479. The predicted molar refractivity (Wildman–Crippen MR) is 34.0 cm³/mol. The lowest BCUT2D eigenvalue weighted by Gasteiger charge is -1.79. The average Bonchev–Trinajstić information content (AvgIpc) is 2.34. The molecule has 2 rings (SSSR count). The van der Waals surface area contributed by atoms with Gasteiger partial charge in [0, 0.05) is 11.6 Å². The maximum absolute atomic E-state index is 7.40. The molecule has 0 aliphatic carbocycles. The molecule has 2 aromatic heterocycles. The molecule has 0 aromatic carbocycles. The molecule has 9 heavy (non-hydrogen) atoms. The van der Waals surface area contributed by atoms with Gasteiger partial charge in [-0.15, -0.1) is 0 Å². The molecule has 0 amide bonds. The second-order valence-electron chi connectivity index (χ2n) is 1.69. The molecule has 0 atom stereocenters. The van der Waals surface area contributed by atoms with Gasteiger partial charge in [0.05, 0.1) is 7.61 Å². The normalized spacial score (nSPS) is 13.3. The summed E-state index contributed by atoms with van der Waals surface area (Å²) < 4.78 is 19.4. The molecule has 0 radical (unpaired) electrons. The topological polar surface area (TPSA) is 26.0 Å². The highest BCUT2D eigenvalue weighted by Gasteiger charge is 1.90. The number of nitrogens with zero attached hydrogens (tertiary/aromatic N) is 1. The highest BCUT2D eigenvalue weighted by molar-refractivity contribution is 5.76. The van der Waals surface area contributed by atoms with Gasteiger partial charge in [-0.25, -0.2) is 0 Å². The number of aromatic nitrogens is 1. The van der Waals surface area contributed by atoms with Crippen molar-refractivity contribution in [2.45, 2.75) is 0 Å². The largest absolute Gasteiger partial charge is 0.470 e. The first-order chi connectivity index (χ1) is 5.29. The molecule has 0 fully saturated rings. The molecule has 0 N–H and O–H groups in total. The molecule has 2 aromatic rings. The molecule has 2 heteroatoms. The van der Waals surface area contributed by atoms with Crippen LogP contribution >= 0.6 is 0 Å². The molecular weight excluding hydrogens is 114 g/mol. The summed E-state index contributed by atoms with van der Waals surface area (Å²) in [5.74, 6) is 0. The van der Waals surface area contributed by atoms with Crippen LogP contribution in [0, 0.1) is 0 Å². The van der Waals surface area contributed by atoms with Gasteiger partial charge in [0.1, 0.15) is 13.2 Å². The van der Waals surface area contributed by atoms with E-state index >= 15 is 0 Å². The fourth-order valence-corrected chi connectivity index (χ4v) is 0.692. The third kappa shape index (κ3) is 0.598. The summed E-state index contributed by atoms with van der Waals surface area (Å²) >= 11 is 0. The van der Waals surface area contributed by atoms with Gasteiger partial charge >= 0.3 is 0 Å². The molecule has 2 nitrogen and oxygen atoms in total. The Bertz CT molecular complexity index is 396. The van der Waals surface area contributed by atoms with E-state index in [0.29, 0.717) is 10.9 Å². The van der Waals surface area contributed by atoms with Crippen molar-refractivity contribution < 1.29 is 7.16 Å². The first-order valence-corrected chi connectivity index (χ1v) is 2.58. The van der Waals surface area contributed by atoms with Crippen molar-refractivity contribution in [1.82, 2.24) is 4.98 Å². The van der Waals surface area contributed by atoms with Crippen LogP contribution in [0.4, 0.5) is 0 Å². The monoisotopic (exact) mass is 121 g/mol. The van der Waals surface area contributed by atoms with Gasteiger partial charge < -0.3 is 4.42 Å². The van der Waals surface area contributed by atoms with E-state index in [0.717, 1.165) is 0 Å². The molecule has 0 spiro atoms. The van der Waals surface area contributed by atoms with Crippen LogP contribution in [0.3, 0.4) is 0 Å². The summed E-state index contributed by atoms with van der Waals surface area (Å²) in [7, 11) is 0. The Hall–Kier alpha value is -1.31. The molecule has 0 saturated carbocycles. The molecule has 0 saturated heterocycles. The highest BCUT2D eigenvalue weighted by atomic mass is 16.3. The molecular formula is C7H5NO.